The van der Waals surface area contributed by atoms with Crippen LogP contribution in [0.3, 0.4) is 0 Å². The molecule has 0 unspecified atom stereocenters. The lowest BCUT2D eigenvalue weighted by Crippen LogP contribution is -2.17. The Morgan fingerprint density at radius 2 is 2.10 bits per heavy atom. The lowest BCUT2D eigenvalue weighted by atomic mass is 9.87. The molecule has 6 heteroatoms. The van der Waals surface area contributed by atoms with E-state index in [1.807, 2.05) is 6.07 Å². The van der Waals surface area contributed by atoms with Crippen LogP contribution in [-0.4, -0.2) is 27.3 Å². The van der Waals surface area contributed by atoms with Gasteiger partial charge in [-0.15, -0.1) is 0 Å². The van der Waals surface area contributed by atoms with Crippen molar-refractivity contribution in [3.05, 3.63) is 24.0 Å². The monoisotopic (exact) mass is 275 g/mol. The second kappa shape index (κ2) is 5.13. The second-order valence-electron chi connectivity index (χ2n) is 5.20. The highest BCUT2D eigenvalue weighted by Gasteiger charge is 2.23. The third-order valence-electron chi connectivity index (χ3n) is 3.79. The van der Waals surface area contributed by atoms with Gasteiger partial charge in [0.1, 0.15) is 11.3 Å². The van der Waals surface area contributed by atoms with Crippen molar-refractivity contribution < 1.29 is 14.6 Å². The third kappa shape index (κ3) is 2.46. The van der Waals surface area contributed by atoms with Crippen LogP contribution in [0.2, 0.25) is 0 Å². The molecule has 1 aromatic heterocycles. The number of aromatic nitrogens is 2. The SMILES string of the molecule is NC(=O)Oc1cccc2[nH]c(C3CCC(O)CC3)nc12. The minimum absolute atomic E-state index is 0.190. The topological polar surface area (TPSA) is 101 Å². The number of primary amides is 1. The number of amides is 1. The van der Waals surface area contributed by atoms with Crippen LogP contribution in [0.1, 0.15) is 37.4 Å². The first kappa shape index (κ1) is 12.9. The Morgan fingerprint density at radius 1 is 1.35 bits per heavy atom. The van der Waals surface area contributed by atoms with Gasteiger partial charge in [-0.2, -0.15) is 0 Å². The average molecular weight is 275 g/mol. The summed E-state index contributed by atoms with van der Waals surface area (Å²) in [5, 5.41) is 9.55. The molecule has 0 atom stereocenters. The van der Waals surface area contributed by atoms with E-state index in [0.717, 1.165) is 37.0 Å². The molecule has 1 fully saturated rings. The molecule has 0 aliphatic heterocycles. The number of benzene rings is 1. The highest BCUT2D eigenvalue weighted by molar-refractivity contribution is 5.84. The van der Waals surface area contributed by atoms with Crippen molar-refractivity contribution >= 4 is 17.1 Å². The van der Waals surface area contributed by atoms with E-state index in [-0.39, 0.29) is 6.10 Å². The van der Waals surface area contributed by atoms with Gasteiger partial charge in [0.15, 0.2) is 5.75 Å². The number of ether oxygens (including phenoxy) is 1. The van der Waals surface area contributed by atoms with Gasteiger partial charge in [0.25, 0.3) is 0 Å². The Kier molecular flexibility index (Phi) is 3.31. The second-order valence-corrected chi connectivity index (χ2v) is 5.20. The number of aliphatic hydroxyl groups is 1. The summed E-state index contributed by atoms with van der Waals surface area (Å²) < 4.78 is 4.96. The minimum Gasteiger partial charge on any atom is -0.408 e. The number of imidazole rings is 1. The van der Waals surface area contributed by atoms with Crippen LogP contribution in [0.15, 0.2) is 18.2 Å². The van der Waals surface area contributed by atoms with Crippen molar-refractivity contribution in [1.29, 1.82) is 0 Å². The number of nitrogens with one attached hydrogen (secondary N) is 1. The Labute approximate surface area is 115 Å². The number of fused-ring (bicyclic) bond motifs is 1. The maximum Gasteiger partial charge on any atom is 0.410 e. The molecule has 0 saturated heterocycles. The maximum absolute atomic E-state index is 10.9. The molecule has 106 valence electrons. The molecular formula is C14H17N3O3. The van der Waals surface area contributed by atoms with Gasteiger partial charge in [0.2, 0.25) is 0 Å². The normalized spacial score (nSPS) is 22.9. The first-order chi connectivity index (χ1) is 9.63. The smallest absolute Gasteiger partial charge is 0.408 e. The summed E-state index contributed by atoms with van der Waals surface area (Å²) in [6, 6.07) is 5.34. The number of aromatic amines is 1. The quantitative estimate of drug-likeness (QED) is 0.780. The first-order valence-corrected chi connectivity index (χ1v) is 6.77. The van der Waals surface area contributed by atoms with E-state index < -0.39 is 6.09 Å². The van der Waals surface area contributed by atoms with E-state index >= 15 is 0 Å². The molecule has 4 N–H and O–H groups in total. The molecule has 0 bridgehead atoms. The van der Waals surface area contributed by atoms with E-state index in [9.17, 15) is 9.90 Å². The third-order valence-corrected chi connectivity index (χ3v) is 3.79. The summed E-state index contributed by atoms with van der Waals surface area (Å²) in [7, 11) is 0. The summed E-state index contributed by atoms with van der Waals surface area (Å²) in [4.78, 5) is 18.7. The molecule has 1 aliphatic rings. The fraction of sp³-hybridized carbons (Fsp3) is 0.429. The number of nitrogens with two attached hydrogens (primary N) is 1. The van der Waals surface area contributed by atoms with Gasteiger partial charge in [-0.1, -0.05) is 6.07 Å². The Balaban J connectivity index is 1.92. The average Bonchev–Trinajstić information content (AvgIpc) is 2.84. The standard InChI is InChI=1S/C14H17N3O3/c15-14(19)20-11-3-1-2-10-12(11)17-13(16-10)8-4-6-9(18)7-5-8/h1-3,8-9,18H,4-7H2,(H2,15,19)(H,16,17). The van der Waals surface area contributed by atoms with Crippen LogP contribution in [0.25, 0.3) is 11.0 Å². The Hall–Kier alpha value is -2.08. The molecule has 3 rings (SSSR count). The van der Waals surface area contributed by atoms with E-state index in [4.69, 9.17) is 10.5 Å². The molecule has 1 amide bonds. The zero-order chi connectivity index (χ0) is 14.1. The van der Waals surface area contributed by atoms with Crippen molar-refractivity contribution in [2.75, 3.05) is 0 Å². The summed E-state index contributed by atoms with van der Waals surface area (Å²) in [5.41, 5.74) is 6.50. The number of nitrogens with zero attached hydrogens (tertiary/aromatic N) is 1. The number of hydrogen-bond donors (Lipinski definition) is 3. The first-order valence-electron chi connectivity index (χ1n) is 6.77. The van der Waals surface area contributed by atoms with Crippen molar-refractivity contribution in [2.24, 2.45) is 5.73 Å². The summed E-state index contributed by atoms with van der Waals surface area (Å²) in [6.07, 6.45) is 2.38. The van der Waals surface area contributed by atoms with Gasteiger partial charge < -0.3 is 20.6 Å². The molecule has 1 saturated carbocycles. The van der Waals surface area contributed by atoms with Gasteiger partial charge in [-0.05, 0) is 37.8 Å². The summed E-state index contributed by atoms with van der Waals surface area (Å²) in [5.74, 6) is 1.56. The van der Waals surface area contributed by atoms with Crippen LogP contribution >= 0.6 is 0 Å². The molecule has 6 nitrogen and oxygen atoms in total. The van der Waals surface area contributed by atoms with Crippen LogP contribution in [0.4, 0.5) is 4.79 Å². The fourth-order valence-electron chi connectivity index (χ4n) is 2.76. The van der Waals surface area contributed by atoms with Crippen molar-refractivity contribution in [3.8, 4) is 5.75 Å². The maximum atomic E-state index is 10.9. The molecule has 2 aromatic rings. The van der Waals surface area contributed by atoms with Crippen molar-refractivity contribution in [1.82, 2.24) is 9.97 Å². The lowest BCUT2D eigenvalue weighted by Gasteiger charge is -2.23. The number of aliphatic hydroxyl groups excluding tert-OH is 1. The van der Waals surface area contributed by atoms with E-state index in [2.05, 4.69) is 9.97 Å². The van der Waals surface area contributed by atoms with Gasteiger partial charge in [-0.3, -0.25) is 0 Å². The van der Waals surface area contributed by atoms with Gasteiger partial charge in [-0.25, -0.2) is 9.78 Å². The molecule has 1 heterocycles. The predicted molar refractivity (Wildman–Crippen MR) is 73.5 cm³/mol. The van der Waals surface area contributed by atoms with Crippen LogP contribution in [0.5, 0.6) is 5.75 Å². The zero-order valence-corrected chi connectivity index (χ0v) is 11.0. The molecule has 20 heavy (non-hydrogen) atoms. The van der Waals surface area contributed by atoms with E-state index in [0.29, 0.717) is 17.2 Å². The number of H-pyrrole nitrogens is 1. The number of rotatable bonds is 2. The zero-order valence-electron chi connectivity index (χ0n) is 11.0. The largest absolute Gasteiger partial charge is 0.410 e. The van der Waals surface area contributed by atoms with Gasteiger partial charge >= 0.3 is 6.09 Å². The highest BCUT2D eigenvalue weighted by Crippen LogP contribution is 2.33. The van der Waals surface area contributed by atoms with Gasteiger partial charge in [0.05, 0.1) is 11.6 Å². The van der Waals surface area contributed by atoms with E-state index in [1.54, 1.807) is 12.1 Å². The van der Waals surface area contributed by atoms with Crippen LogP contribution in [-0.2, 0) is 0 Å². The van der Waals surface area contributed by atoms with Crippen molar-refractivity contribution in [2.45, 2.75) is 37.7 Å². The minimum atomic E-state index is -0.845. The van der Waals surface area contributed by atoms with E-state index in [1.165, 1.54) is 0 Å². The fourth-order valence-corrected chi connectivity index (χ4v) is 2.76. The van der Waals surface area contributed by atoms with Gasteiger partial charge in [0, 0.05) is 5.92 Å². The molecule has 1 aromatic carbocycles. The number of hydrogen-bond acceptors (Lipinski definition) is 4. The van der Waals surface area contributed by atoms with Crippen LogP contribution in [0, 0.1) is 0 Å². The highest BCUT2D eigenvalue weighted by atomic mass is 16.5. The molecule has 0 spiro atoms. The Morgan fingerprint density at radius 3 is 2.80 bits per heavy atom. The lowest BCUT2D eigenvalue weighted by molar-refractivity contribution is 0.121. The molecule has 0 radical (unpaired) electrons. The summed E-state index contributed by atoms with van der Waals surface area (Å²) in [6.45, 7) is 0. The Bertz CT molecular complexity index is 630. The number of carbonyl (C=O) groups excluding carboxylic acids is 1. The molecule has 1 aliphatic carbocycles. The predicted octanol–water partition coefficient (Wildman–Crippen LogP) is 2.04. The van der Waals surface area contributed by atoms with Crippen molar-refractivity contribution in [3.63, 3.8) is 0 Å². The number of para-hydroxylation sites is 1. The van der Waals surface area contributed by atoms with Crippen LogP contribution < -0.4 is 10.5 Å². The summed E-state index contributed by atoms with van der Waals surface area (Å²) >= 11 is 0. The number of carbonyl (C=O) groups is 1. The molecular weight excluding hydrogens is 258 g/mol.